The second-order valence-corrected chi connectivity index (χ2v) is 6.13. The first kappa shape index (κ1) is 14.7. The van der Waals surface area contributed by atoms with E-state index in [1.807, 2.05) is 4.90 Å². The quantitative estimate of drug-likeness (QED) is 0.718. The summed E-state index contributed by atoms with van der Waals surface area (Å²) in [6.07, 6.45) is 2.00. The third-order valence-electron chi connectivity index (χ3n) is 4.60. The van der Waals surface area contributed by atoms with E-state index in [-0.39, 0.29) is 11.4 Å². The summed E-state index contributed by atoms with van der Waals surface area (Å²) in [4.78, 5) is 18.6. The number of nitrogens with zero attached hydrogens (tertiary/aromatic N) is 3. The normalized spacial score (nSPS) is 25.3. The highest BCUT2D eigenvalue weighted by Crippen LogP contribution is 2.30. The van der Waals surface area contributed by atoms with Crippen molar-refractivity contribution in [2.24, 2.45) is 5.73 Å². The summed E-state index contributed by atoms with van der Waals surface area (Å²) in [5.41, 5.74) is 5.93. The molecule has 0 aliphatic carbocycles. The van der Waals surface area contributed by atoms with Crippen LogP contribution in [0.3, 0.4) is 0 Å². The van der Waals surface area contributed by atoms with Gasteiger partial charge in [0.1, 0.15) is 0 Å². The van der Waals surface area contributed by atoms with Gasteiger partial charge < -0.3 is 15.5 Å². The SMILES string of the molecule is CC(=O)N1CCN(C2(C(N)=S)CCN(C)CC2)CC1. The summed E-state index contributed by atoms with van der Waals surface area (Å²) in [7, 11) is 2.14. The van der Waals surface area contributed by atoms with Crippen LogP contribution in [0.1, 0.15) is 19.8 Å². The molecule has 2 saturated heterocycles. The van der Waals surface area contributed by atoms with Gasteiger partial charge in [-0.05, 0) is 19.9 Å². The number of carbonyl (C=O) groups excluding carboxylic acids is 1. The average Bonchev–Trinajstić information content (AvgIpc) is 2.39. The predicted molar refractivity (Wildman–Crippen MR) is 80.1 cm³/mol. The van der Waals surface area contributed by atoms with Crippen LogP contribution in [0.15, 0.2) is 0 Å². The number of hydrogen-bond donors (Lipinski definition) is 1. The van der Waals surface area contributed by atoms with E-state index in [1.54, 1.807) is 6.92 Å². The summed E-state index contributed by atoms with van der Waals surface area (Å²) < 4.78 is 0. The first-order valence-electron chi connectivity index (χ1n) is 6.95. The molecule has 0 aromatic carbocycles. The first-order valence-corrected chi connectivity index (χ1v) is 7.35. The van der Waals surface area contributed by atoms with Gasteiger partial charge in [-0.25, -0.2) is 0 Å². The second-order valence-electron chi connectivity index (χ2n) is 5.69. The van der Waals surface area contributed by atoms with Crippen molar-refractivity contribution < 1.29 is 4.79 Å². The number of piperazine rings is 1. The molecule has 5 nitrogen and oxygen atoms in total. The van der Waals surface area contributed by atoms with E-state index < -0.39 is 0 Å². The zero-order valence-corrected chi connectivity index (χ0v) is 12.7. The zero-order valence-electron chi connectivity index (χ0n) is 11.9. The molecule has 0 unspecified atom stereocenters. The van der Waals surface area contributed by atoms with Gasteiger partial charge in [0.15, 0.2) is 0 Å². The molecule has 2 N–H and O–H groups in total. The number of rotatable bonds is 2. The van der Waals surface area contributed by atoms with E-state index in [2.05, 4.69) is 16.8 Å². The fourth-order valence-corrected chi connectivity index (χ4v) is 3.49. The van der Waals surface area contributed by atoms with E-state index in [0.717, 1.165) is 52.1 Å². The Labute approximate surface area is 120 Å². The summed E-state index contributed by atoms with van der Waals surface area (Å²) >= 11 is 5.37. The Morgan fingerprint density at radius 1 is 1.11 bits per heavy atom. The van der Waals surface area contributed by atoms with Crippen LogP contribution in [0.2, 0.25) is 0 Å². The minimum Gasteiger partial charge on any atom is -0.392 e. The molecule has 19 heavy (non-hydrogen) atoms. The van der Waals surface area contributed by atoms with Gasteiger partial charge in [-0.15, -0.1) is 0 Å². The lowest BCUT2D eigenvalue weighted by Gasteiger charge is -2.50. The van der Waals surface area contributed by atoms with E-state index in [0.29, 0.717) is 4.99 Å². The molecule has 0 spiro atoms. The number of hydrogen-bond acceptors (Lipinski definition) is 4. The molecular weight excluding hydrogens is 260 g/mol. The maximum absolute atomic E-state index is 11.4. The Kier molecular flexibility index (Phi) is 4.43. The van der Waals surface area contributed by atoms with E-state index in [4.69, 9.17) is 18.0 Å². The Morgan fingerprint density at radius 3 is 2.05 bits per heavy atom. The summed E-state index contributed by atoms with van der Waals surface area (Å²) in [5, 5.41) is 0. The second kappa shape index (κ2) is 5.73. The average molecular weight is 284 g/mol. The highest BCUT2D eigenvalue weighted by molar-refractivity contribution is 7.80. The van der Waals surface area contributed by atoms with Crippen molar-refractivity contribution in [2.45, 2.75) is 25.3 Å². The Hall–Kier alpha value is -0.720. The molecule has 0 atom stereocenters. The van der Waals surface area contributed by atoms with Crippen molar-refractivity contribution in [3.8, 4) is 0 Å². The van der Waals surface area contributed by atoms with Crippen LogP contribution < -0.4 is 5.73 Å². The molecule has 0 saturated carbocycles. The van der Waals surface area contributed by atoms with Crippen LogP contribution in [0.25, 0.3) is 0 Å². The van der Waals surface area contributed by atoms with Crippen molar-refractivity contribution in [3.63, 3.8) is 0 Å². The van der Waals surface area contributed by atoms with Crippen LogP contribution in [-0.2, 0) is 4.79 Å². The number of likely N-dealkylation sites (tertiary alicyclic amines) is 1. The van der Waals surface area contributed by atoms with Crippen molar-refractivity contribution in [3.05, 3.63) is 0 Å². The molecule has 6 heteroatoms. The smallest absolute Gasteiger partial charge is 0.219 e. The van der Waals surface area contributed by atoms with Crippen LogP contribution in [-0.4, -0.2) is 77.5 Å². The highest BCUT2D eigenvalue weighted by atomic mass is 32.1. The standard InChI is InChI=1S/C13H24N4OS/c1-11(18)16-7-9-17(10-8-16)13(12(14)19)3-5-15(2)6-4-13/h3-10H2,1-2H3,(H2,14,19). The molecule has 2 heterocycles. The first-order chi connectivity index (χ1) is 8.95. The van der Waals surface area contributed by atoms with Crippen LogP contribution in [0, 0.1) is 0 Å². The minimum absolute atomic E-state index is 0.134. The monoisotopic (exact) mass is 284 g/mol. The number of carbonyl (C=O) groups is 1. The molecular formula is C13H24N4OS. The zero-order chi connectivity index (χ0) is 14.0. The van der Waals surface area contributed by atoms with Gasteiger partial charge in [0.2, 0.25) is 5.91 Å². The van der Waals surface area contributed by atoms with E-state index in [1.165, 1.54) is 0 Å². The van der Waals surface area contributed by atoms with Crippen LogP contribution in [0.4, 0.5) is 0 Å². The van der Waals surface area contributed by atoms with Crippen molar-refractivity contribution in [1.29, 1.82) is 0 Å². The molecule has 0 radical (unpaired) electrons. The van der Waals surface area contributed by atoms with Gasteiger partial charge in [0, 0.05) is 46.2 Å². The molecule has 2 fully saturated rings. The Bertz CT molecular complexity index is 358. The fourth-order valence-electron chi connectivity index (χ4n) is 3.16. The Balaban J connectivity index is 2.05. The van der Waals surface area contributed by atoms with Gasteiger partial charge in [-0.3, -0.25) is 9.69 Å². The number of amides is 1. The lowest BCUT2D eigenvalue weighted by atomic mass is 9.85. The van der Waals surface area contributed by atoms with Gasteiger partial charge in [-0.2, -0.15) is 0 Å². The van der Waals surface area contributed by atoms with Gasteiger partial charge in [0.25, 0.3) is 0 Å². The predicted octanol–water partition coefficient (Wildman–Crippen LogP) is -0.0990. The maximum atomic E-state index is 11.4. The molecule has 2 aliphatic heterocycles. The van der Waals surface area contributed by atoms with Crippen molar-refractivity contribution >= 4 is 23.1 Å². The minimum atomic E-state index is -0.134. The van der Waals surface area contributed by atoms with E-state index in [9.17, 15) is 4.79 Å². The fraction of sp³-hybridized carbons (Fsp3) is 0.846. The number of thiocarbonyl (C=S) groups is 1. The van der Waals surface area contributed by atoms with Crippen molar-refractivity contribution in [1.82, 2.24) is 14.7 Å². The molecule has 0 bridgehead atoms. The summed E-state index contributed by atoms with van der Waals surface area (Å²) in [5.74, 6) is 0.160. The van der Waals surface area contributed by atoms with Crippen LogP contribution in [0.5, 0.6) is 0 Å². The van der Waals surface area contributed by atoms with Crippen molar-refractivity contribution in [2.75, 3.05) is 46.3 Å². The molecule has 1 amide bonds. The third-order valence-corrected chi connectivity index (χ3v) is 4.98. The summed E-state index contributed by atoms with van der Waals surface area (Å²) in [6.45, 7) is 7.02. The van der Waals surface area contributed by atoms with Crippen LogP contribution >= 0.6 is 12.2 Å². The lowest BCUT2D eigenvalue weighted by molar-refractivity contribution is -0.131. The number of nitrogens with two attached hydrogens (primary N) is 1. The van der Waals surface area contributed by atoms with Gasteiger partial charge >= 0.3 is 0 Å². The molecule has 108 valence electrons. The van der Waals surface area contributed by atoms with Gasteiger partial charge in [-0.1, -0.05) is 12.2 Å². The topological polar surface area (TPSA) is 52.8 Å². The molecule has 0 aromatic heterocycles. The largest absolute Gasteiger partial charge is 0.392 e. The molecule has 0 aromatic rings. The maximum Gasteiger partial charge on any atom is 0.219 e. The molecule has 2 aliphatic rings. The Morgan fingerprint density at radius 2 is 1.63 bits per heavy atom. The highest BCUT2D eigenvalue weighted by Gasteiger charge is 2.43. The number of piperidine rings is 1. The van der Waals surface area contributed by atoms with Gasteiger partial charge in [0.05, 0.1) is 10.5 Å². The third kappa shape index (κ3) is 2.90. The molecule has 2 rings (SSSR count). The lowest BCUT2D eigenvalue weighted by Crippen LogP contribution is -2.65. The van der Waals surface area contributed by atoms with E-state index >= 15 is 0 Å². The summed E-state index contributed by atoms with van der Waals surface area (Å²) in [6, 6.07) is 0.